The summed E-state index contributed by atoms with van der Waals surface area (Å²) in [6.07, 6.45) is 3.10. The van der Waals surface area contributed by atoms with Crippen molar-refractivity contribution in [2.45, 2.75) is 33.1 Å². The maximum atomic E-state index is 12.8. The van der Waals surface area contributed by atoms with Crippen molar-refractivity contribution < 1.29 is 4.79 Å². The molecule has 3 aromatic carbocycles. The fraction of sp³-hybridized carbons (Fsp3) is 0.179. The molecule has 164 valence electrons. The third kappa shape index (κ3) is 4.35. The Labute approximate surface area is 193 Å². The Morgan fingerprint density at radius 3 is 2.27 bits per heavy atom. The van der Waals surface area contributed by atoms with Gasteiger partial charge in [0, 0.05) is 33.8 Å². The van der Waals surface area contributed by atoms with E-state index in [0.717, 1.165) is 58.7 Å². The Morgan fingerprint density at radius 1 is 0.818 bits per heavy atom. The summed E-state index contributed by atoms with van der Waals surface area (Å²) in [6.45, 7) is 3.99. The zero-order valence-electron chi connectivity index (χ0n) is 18.9. The molecule has 1 heterocycles. The van der Waals surface area contributed by atoms with E-state index in [1.165, 1.54) is 5.56 Å². The van der Waals surface area contributed by atoms with E-state index in [1.54, 1.807) is 0 Å². The normalized spacial score (nSPS) is 12.3. The van der Waals surface area contributed by atoms with E-state index in [-0.39, 0.29) is 5.91 Å². The standard InChI is InChI=1S/C28H26N4O/c1-18-8-6-9-19(2)25(18)31-27(33)21-14-16-22(17-15-21)29-28-30-24-13-7-12-23(24)26(32-28)20-10-4-3-5-11-20/h3-6,8-11,14-17H,7,12-13H2,1-2H3,(H,31,33)(H,29,30,32). The Morgan fingerprint density at radius 2 is 1.55 bits per heavy atom. The SMILES string of the molecule is Cc1cccc(C)c1NC(=O)c1ccc(Nc2nc3c(c(-c4ccccc4)n2)CCC3)cc1. The van der Waals surface area contributed by atoms with Gasteiger partial charge < -0.3 is 10.6 Å². The number of para-hydroxylation sites is 1. The number of hydrogen-bond acceptors (Lipinski definition) is 4. The van der Waals surface area contributed by atoms with Crippen LogP contribution in [-0.4, -0.2) is 15.9 Å². The number of rotatable bonds is 5. The van der Waals surface area contributed by atoms with Gasteiger partial charge in [-0.3, -0.25) is 4.79 Å². The Kier molecular flexibility index (Phi) is 5.61. The van der Waals surface area contributed by atoms with Crippen molar-refractivity contribution in [2.75, 3.05) is 10.6 Å². The van der Waals surface area contributed by atoms with E-state index in [1.807, 2.05) is 74.5 Å². The second-order valence-corrected chi connectivity index (χ2v) is 8.46. The monoisotopic (exact) mass is 434 g/mol. The zero-order valence-corrected chi connectivity index (χ0v) is 18.9. The number of amides is 1. The number of hydrogen-bond donors (Lipinski definition) is 2. The van der Waals surface area contributed by atoms with Gasteiger partial charge in [-0.2, -0.15) is 0 Å². The molecule has 0 fully saturated rings. The average molecular weight is 435 g/mol. The molecule has 0 saturated heterocycles. The molecular formula is C28H26N4O. The summed E-state index contributed by atoms with van der Waals surface area (Å²) in [6, 6.07) is 23.7. The molecule has 5 nitrogen and oxygen atoms in total. The van der Waals surface area contributed by atoms with Gasteiger partial charge in [-0.15, -0.1) is 0 Å². The largest absolute Gasteiger partial charge is 0.324 e. The molecule has 0 unspecified atom stereocenters. The molecule has 1 aliphatic carbocycles. The Bertz CT molecular complexity index is 1290. The number of aromatic nitrogens is 2. The van der Waals surface area contributed by atoms with Gasteiger partial charge in [0.1, 0.15) is 0 Å². The number of benzene rings is 3. The van der Waals surface area contributed by atoms with Crippen LogP contribution in [0, 0.1) is 13.8 Å². The first-order chi connectivity index (χ1) is 16.1. The third-order valence-corrected chi connectivity index (χ3v) is 6.10. The van der Waals surface area contributed by atoms with Crippen LogP contribution in [0.4, 0.5) is 17.3 Å². The van der Waals surface area contributed by atoms with Crippen molar-refractivity contribution in [1.82, 2.24) is 9.97 Å². The van der Waals surface area contributed by atoms with Crippen LogP contribution in [0.2, 0.25) is 0 Å². The summed E-state index contributed by atoms with van der Waals surface area (Å²) in [7, 11) is 0. The number of nitrogens with one attached hydrogen (secondary N) is 2. The van der Waals surface area contributed by atoms with Gasteiger partial charge in [0.2, 0.25) is 5.95 Å². The predicted molar refractivity (Wildman–Crippen MR) is 133 cm³/mol. The fourth-order valence-corrected chi connectivity index (χ4v) is 4.35. The maximum Gasteiger partial charge on any atom is 0.255 e. The van der Waals surface area contributed by atoms with E-state index in [2.05, 4.69) is 22.8 Å². The average Bonchev–Trinajstić information content (AvgIpc) is 3.31. The highest BCUT2D eigenvalue weighted by Crippen LogP contribution is 2.31. The summed E-state index contributed by atoms with van der Waals surface area (Å²) in [4.78, 5) is 22.4. The van der Waals surface area contributed by atoms with E-state index < -0.39 is 0 Å². The van der Waals surface area contributed by atoms with Crippen molar-refractivity contribution in [3.63, 3.8) is 0 Å². The maximum absolute atomic E-state index is 12.8. The number of nitrogens with zero attached hydrogens (tertiary/aromatic N) is 2. The van der Waals surface area contributed by atoms with E-state index >= 15 is 0 Å². The molecule has 2 N–H and O–H groups in total. The molecule has 0 atom stereocenters. The fourth-order valence-electron chi connectivity index (χ4n) is 4.35. The smallest absolute Gasteiger partial charge is 0.255 e. The summed E-state index contributed by atoms with van der Waals surface area (Å²) in [5.41, 5.74) is 8.89. The van der Waals surface area contributed by atoms with Gasteiger partial charge in [0.25, 0.3) is 5.91 Å². The molecule has 5 rings (SSSR count). The van der Waals surface area contributed by atoms with E-state index in [0.29, 0.717) is 11.5 Å². The van der Waals surface area contributed by atoms with Crippen LogP contribution >= 0.6 is 0 Å². The second-order valence-electron chi connectivity index (χ2n) is 8.46. The summed E-state index contributed by atoms with van der Waals surface area (Å²) in [5.74, 6) is 0.460. The van der Waals surface area contributed by atoms with Crippen LogP contribution in [0.15, 0.2) is 72.8 Å². The van der Waals surface area contributed by atoms with Gasteiger partial charge in [-0.05, 0) is 68.5 Å². The Balaban J connectivity index is 1.36. The number of aryl methyl sites for hydroxylation is 3. The lowest BCUT2D eigenvalue weighted by atomic mass is 10.1. The molecule has 4 aromatic rings. The molecule has 0 aliphatic heterocycles. The Hall–Kier alpha value is -3.99. The molecule has 0 bridgehead atoms. The number of anilines is 3. The summed E-state index contributed by atoms with van der Waals surface area (Å²) in [5, 5.41) is 6.36. The first kappa shape index (κ1) is 20.9. The lowest BCUT2D eigenvalue weighted by Crippen LogP contribution is -2.13. The lowest BCUT2D eigenvalue weighted by molar-refractivity contribution is 0.102. The lowest BCUT2D eigenvalue weighted by Gasteiger charge is -2.13. The summed E-state index contributed by atoms with van der Waals surface area (Å²) < 4.78 is 0. The second kappa shape index (κ2) is 8.87. The molecule has 1 amide bonds. The van der Waals surface area contributed by atoms with Crippen LogP contribution in [-0.2, 0) is 12.8 Å². The highest BCUT2D eigenvalue weighted by atomic mass is 16.1. The molecule has 0 saturated carbocycles. The van der Waals surface area contributed by atoms with Gasteiger partial charge in [-0.25, -0.2) is 9.97 Å². The minimum Gasteiger partial charge on any atom is -0.324 e. The van der Waals surface area contributed by atoms with Gasteiger partial charge in [0.05, 0.1) is 5.69 Å². The van der Waals surface area contributed by atoms with Gasteiger partial charge >= 0.3 is 0 Å². The first-order valence-electron chi connectivity index (χ1n) is 11.3. The summed E-state index contributed by atoms with van der Waals surface area (Å²) >= 11 is 0. The number of carbonyl (C=O) groups is 1. The predicted octanol–water partition coefficient (Wildman–Crippen LogP) is 6.25. The van der Waals surface area contributed by atoms with Crippen LogP contribution in [0.25, 0.3) is 11.3 Å². The quantitative estimate of drug-likeness (QED) is 0.390. The number of fused-ring (bicyclic) bond motifs is 1. The highest BCUT2D eigenvalue weighted by molar-refractivity contribution is 6.05. The van der Waals surface area contributed by atoms with Gasteiger partial charge in [0.15, 0.2) is 0 Å². The topological polar surface area (TPSA) is 66.9 Å². The van der Waals surface area contributed by atoms with Crippen molar-refractivity contribution in [2.24, 2.45) is 0 Å². The van der Waals surface area contributed by atoms with Crippen molar-refractivity contribution in [1.29, 1.82) is 0 Å². The first-order valence-corrected chi connectivity index (χ1v) is 11.3. The zero-order chi connectivity index (χ0) is 22.8. The molecule has 0 spiro atoms. The van der Waals surface area contributed by atoms with Crippen molar-refractivity contribution in [3.05, 3.63) is 101 Å². The van der Waals surface area contributed by atoms with Crippen molar-refractivity contribution >= 4 is 23.2 Å². The third-order valence-electron chi connectivity index (χ3n) is 6.10. The molecule has 33 heavy (non-hydrogen) atoms. The molecule has 1 aromatic heterocycles. The van der Waals surface area contributed by atoms with Crippen LogP contribution in [0.3, 0.4) is 0 Å². The van der Waals surface area contributed by atoms with Crippen LogP contribution in [0.1, 0.15) is 39.2 Å². The van der Waals surface area contributed by atoms with E-state index in [4.69, 9.17) is 9.97 Å². The molecule has 0 radical (unpaired) electrons. The van der Waals surface area contributed by atoms with Crippen LogP contribution < -0.4 is 10.6 Å². The van der Waals surface area contributed by atoms with E-state index in [9.17, 15) is 4.79 Å². The molecule has 1 aliphatic rings. The minimum absolute atomic E-state index is 0.126. The molecular weight excluding hydrogens is 408 g/mol. The van der Waals surface area contributed by atoms with Gasteiger partial charge in [-0.1, -0.05) is 48.5 Å². The van der Waals surface area contributed by atoms with Crippen LogP contribution in [0.5, 0.6) is 0 Å². The minimum atomic E-state index is -0.126. The number of carbonyl (C=O) groups excluding carboxylic acids is 1. The molecule has 5 heteroatoms. The highest BCUT2D eigenvalue weighted by Gasteiger charge is 2.20. The van der Waals surface area contributed by atoms with Crippen molar-refractivity contribution in [3.8, 4) is 11.3 Å².